The predicted octanol–water partition coefficient (Wildman–Crippen LogP) is 6.68. The predicted molar refractivity (Wildman–Crippen MR) is 120 cm³/mol. The van der Waals surface area contributed by atoms with E-state index in [-0.39, 0.29) is 0 Å². The zero-order valence-corrected chi connectivity index (χ0v) is 17.2. The number of hydrogen-bond acceptors (Lipinski definition) is 6. The zero-order valence-electron chi connectivity index (χ0n) is 17.2. The fourth-order valence-electron chi connectivity index (χ4n) is 3.05. The van der Waals surface area contributed by atoms with Crippen molar-refractivity contribution < 1.29 is 14.2 Å². The number of benzene rings is 4. The van der Waals surface area contributed by atoms with Crippen LogP contribution in [0, 0.1) is 34.0 Å². The van der Waals surface area contributed by atoms with Gasteiger partial charge < -0.3 is 14.2 Å². The van der Waals surface area contributed by atoms with E-state index < -0.39 is 0 Å². The molecule has 0 heterocycles. The molecule has 0 aliphatic carbocycles. The lowest BCUT2D eigenvalue weighted by molar-refractivity contribution is 0.438. The second kappa shape index (κ2) is 9.71. The molecular weight excluding hydrogens is 414 g/mol. The van der Waals surface area contributed by atoms with Gasteiger partial charge in [0.1, 0.15) is 52.7 Å². The summed E-state index contributed by atoms with van der Waals surface area (Å²) in [5, 5.41) is 28.1. The minimum absolute atomic E-state index is 0.356. The van der Waals surface area contributed by atoms with Crippen LogP contribution in [0.5, 0.6) is 34.5 Å². The van der Waals surface area contributed by atoms with Crippen LogP contribution >= 0.6 is 0 Å². The summed E-state index contributed by atoms with van der Waals surface area (Å²) in [6.45, 7) is 0. The molecule has 0 bridgehead atoms. The van der Waals surface area contributed by atoms with Crippen LogP contribution < -0.4 is 14.2 Å². The van der Waals surface area contributed by atoms with E-state index in [4.69, 9.17) is 14.2 Å². The van der Waals surface area contributed by atoms with Crippen molar-refractivity contribution in [2.45, 2.75) is 0 Å². The number of para-hydroxylation sites is 3. The summed E-state index contributed by atoms with van der Waals surface area (Å²) in [4.78, 5) is 0. The van der Waals surface area contributed by atoms with Gasteiger partial charge in [-0.15, -0.1) is 0 Å². The second-order valence-electron chi connectivity index (χ2n) is 6.77. The van der Waals surface area contributed by atoms with E-state index in [1.807, 2.05) is 0 Å². The van der Waals surface area contributed by atoms with Crippen LogP contribution in [0.15, 0.2) is 91.0 Å². The van der Waals surface area contributed by atoms with Gasteiger partial charge in [-0.3, -0.25) is 0 Å². The van der Waals surface area contributed by atoms with E-state index in [1.54, 1.807) is 91.0 Å². The maximum Gasteiger partial charge on any atom is 0.145 e. The first-order chi connectivity index (χ1) is 16.2. The molecule has 0 aliphatic heterocycles. The molecule has 6 nitrogen and oxygen atoms in total. The van der Waals surface area contributed by atoms with Crippen LogP contribution in [0.1, 0.15) is 16.7 Å². The molecule has 0 saturated heterocycles. The van der Waals surface area contributed by atoms with Gasteiger partial charge in [0.2, 0.25) is 0 Å². The van der Waals surface area contributed by atoms with Crippen molar-refractivity contribution in [3.63, 3.8) is 0 Å². The number of rotatable bonds is 6. The number of nitrogens with zero attached hydrogens (tertiary/aromatic N) is 3. The van der Waals surface area contributed by atoms with Gasteiger partial charge in [0.15, 0.2) is 0 Å². The lowest BCUT2D eigenvalue weighted by Gasteiger charge is -2.14. The van der Waals surface area contributed by atoms with Crippen LogP contribution in [-0.2, 0) is 0 Å². The van der Waals surface area contributed by atoms with E-state index >= 15 is 0 Å². The summed E-state index contributed by atoms with van der Waals surface area (Å²) in [5.41, 5.74) is 1.11. The summed E-state index contributed by atoms with van der Waals surface area (Å²) in [5.74, 6) is 2.19. The molecule has 0 amide bonds. The standard InChI is InChI=1S/C27H15N3O3/c28-16-19-7-1-4-10-25(19)31-22-13-23(32-26-11-5-2-8-20(26)17-29)15-24(14-22)33-27-12-6-3-9-21(27)18-30/h1-15H. The summed E-state index contributed by atoms with van der Waals surface area (Å²) in [6, 6.07) is 31.7. The van der Waals surface area contributed by atoms with Gasteiger partial charge in [-0.05, 0) is 36.4 Å². The minimum Gasteiger partial charge on any atom is -0.456 e. The lowest BCUT2D eigenvalue weighted by Crippen LogP contribution is -1.94. The average molecular weight is 429 g/mol. The van der Waals surface area contributed by atoms with Gasteiger partial charge in [0.05, 0.1) is 16.7 Å². The normalized spacial score (nSPS) is 9.73. The molecule has 0 saturated carbocycles. The number of hydrogen-bond donors (Lipinski definition) is 0. The van der Waals surface area contributed by atoms with Crippen LogP contribution in [0.4, 0.5) is 0 Å². The van der Waals surface area contributed by atoms with Crippen molar-refractivity contribution in [3.8, 4) is 52.7 Å². The van der Waals surface area contributed by atoms with Gasteiger partial charge >= 0.3 is 0 Å². The SMILES string of the molecule is N#Cc1ccccc1Oc1cc(Oc2ccccc2C#N)cc(Oc2ccccc2C#N)c1. The Morgan fingerprint density at radius 3 is 0.970 bits per heavy atom. The summed E-state index contributed by atoms with van der Waals surface area (Å²) < 4.78 is 17.9. The highest BCUT2D eigenvalue weighted by Gasteiger charge is 2.12. The average Bonchev–Trinajstić information content (AvgIpc) is 2.85. The highest BCUT2D eigenvalue weighted by molar-refractivity contribution is 5.52. The van der Waals surface area contributed by atoms with E-state index in [0.29, 0.717) is 51.2 Å². The summed E-state index contributed by atoms with van der Waals surface area (Å²) >= 11 is 0. The largest absolute Gasteiger partial charge is 0.456 e. The van der Waals surface area contributed by atoms with Gasteiger partial charge in [0.25, 0.3) is 0 Å². The lowest BCUT2D eigenvalue weighted by atomic mass is 10.2. The molecule has 0 fully saturated rings. The zero-order chi connectivity index (χ0) is 23.0. The molecule has 33 heavy (non-hydrogen) atoms. The molecule has 4 aromatic rings. The Hall–Kier alpha value is -5.25. The molecule has 0 aromatic heterocycles. The highest BCUT2D eigenvalue weighted by atomic mass is 16.5. The van der Waals surface area contributed by atoms with Crippen LogP contribution in [0.25, 0.3) is 0 Å². The monoisotopic (exact) mass is 429 g/mol. The molecule has 0 atom stereocenters. The molecule has 0 unspecified atom stereocenters. The molecule has 0 spiro atoms. The molecule has 4 aromatic carbocycles. The maximum absolute atomic E-state index is 9.37. The Kier molecular flexibility index (Phi) is 6.18. The minimum atomic E-state index is 0.356. The van der Waals surface area contributed by atoms with Crippen LogP contribution in [0.3, 0.4) is 0 Å². The third kappa shape index (κ3) is 4.91. The van der Waals surface area contributed by atoms with Gasteiger partial charge in [-0.1, -0.05) is 36.4 Å². The van der Waals surface area contributed by atoms with Gasteiger partial charge in [-0.25, -0.2) is 0 Å². The first kappa shape index (κ1) is 21.0. The van der Waals surface area contributed by atoms with Gasteiger partial charge in [0, 0.05) is 18.2 Å². The molecule has 0 radical (unpaired) electrons. The fourth-order valence-corrected chi connectivity index (χ4v) is 3.05. The Bertz CT molecular complexity index is 1250. The smallest absolute Gasteiger partial charge is 0.145 e. The molecule has 0 N–H and O–H groups in total. The van der Waals surface area contributed by atoms with E-state index in [0.717, 1.165) is 0 Å². The molecule has 0 aliphatic rings. The van der Waals surface area contributed by atoms with Crippen molar-refractivity contribution in [1.29, 1.82) is 15.8 Å². The maximum atomic E-state index is 9.37. The van der Waals surface area contributed by atoms with E-state index in [2.05, 4.69) is 18.2 Å². The second-order valence-corrected chi connectivity index (χ2v) is 6.77. The molecule has 4 rings (SSSR count). The third-order valence-corrected chi connectivity index (χ3v) is 4.56. The first-order valence-corrected chi connectivity index (χ1v) is 9.86. The van der Waals surface area contributed by atoms with E-state index in [9.17, 15) is 15.8 Å². The van der Waals surface area contributed by atoms with Crippen molar-refractivity contribution in [2.75, 3.05) is 0 Å². The van der Waals surface area contributed by atoms with Crippen LogP contribution in [0.2, 0.25) is 0 Å². The number of ether oxygens (including phenoxy) is 3. The van der Waals surface area contributed by atoms with Crippen molar-refractivity contribution in [3.05, 3.63) is 108 Å². The summed E-state index contributed by atoms with van der Waals surface area (Å²) in [6.07, 6.45) is 0. The van der Waals surface area contributed by atoms with Crippen molar-refractivity contribution in [2.24, 2.45) is 0 Å². The Morgan fingerprint density at radius 1 is 0.424 bits per heavy atom. The van der Waals surface area contributed by atoms with Crippen molar-refractivity contribution in [1.82, 2.24) is 0 Å². The summed E-state index contributed by atoms with van der Waals surface area (Å²) in [7, 11) is 0. The van der Waals surface area contributed by atoms with Crippen LogP contribution in [-0.4, -0.2) is 0 Å². The third-order valence-electron chi connectivity index (χ3n) is 4.56. The Labute approximate surface area is 190 Å². The topological polar surface area (TPSA) is 99.1 Å². The quantitative estimate of drug-likeness (QED) is 0.339. The Balaban J connectivity index is 1.75. The molecular formula is C27H15N3O3. The molecule has 6 heteroatoms. The number of nitriles is 3. The van der Waals surface area contributed by atoms with E-state index in [1.165, 1.54) is 0 Å². The first-order valence-electron chi connectivity index (χ1n) is 9.86. The highest BCUT2D eigenvalue weighted by Crippen LogP contribution is 2.37. The molecule has 156 valence electrons. The Morgan fingerprint density at radius 2 is 0.697 bits per heavy atom. The fraction of sp³-hybridized carbons (Fsp3) is 0. The van der Waals surface area contributed by atoms with Gasteiger partial charge in [-0.2, -0.15) is 15.8 Å². The van der Waals surface area contributed by atoms with Crippen molar-refractivity contribution >= 4 is 0 Å².